The number of nitrogens with zero attached hydrogens (tertiary/aromatic N) is 2. The first-order chi connectivity index (χ1) is 12.5. The number of phenolic OH excluding ortho intramolecular Hbond substituents is 1. The van der Waals surface area contributed by atoms with Crippen LogP contribution in [-0.4, -0.2) is 35.4 Å². The van der Waals surface area contributed by atoms with E-state index >= 15 is 0 Å². The fourth-order valence-electron chi connectivity index (χ4n) is 1.97. The van der Waals surface area contributed by atoms with Crippen molar-refractivity contribution < 1.29 is 24.3 Å². The first kappa shape index (κ1) is 18.7. The summed E-state index contributed by atoms with van der Waals surface area (Å²) < 4.78 is 10.8. The summed E-state index contributed by atoms with van der Waals surface area (Å²) >= 11 is 0. The minimum absolute atomic E-state index is 0.281. The molecular formula is C17H17N3O6. The van der Waals surface area contributed by atoms with Gasteiger partial charge >= 0.3 is 5.69 Å². The van der Waals surface area contributed by atoms with Gasteiger partial charge in [-0.2, -0.15) is 5.10 Å². The Kier molecular flexibility index (Phi) is 6.49. The second-order valence-electron chi connectivity index (χ2n) is 4.97. The van der Waals surface area contributed by atoms with E-state index in [-0.39, 0.29) is 6.61 Å². The summed E-state index contributed by atoms with van der Waals surface area (Å²) in [5.74, 6) is 0.00345. The van der Waals surface area contributed by atoms with Gasteiger partial charge in [-0.1, -0.05) is 12.1 Å². The number of aromatic hydroxyl groups is 1. The second-order valence-corrected chi connectivity index (χ2v) is 4.97. The molecule has 0 aliphatic rings. The number of para-hydroxylation sites is 2. The molecule has 1 amide bonds. The number of nitro benzene ring substituents is 1. The summed E-state index contributed by atoms with van der Waals surface area (Å²) in [6.07, 6.45) is 1.22. The number of ether oxygens (including phenoxy) is 2. The Morgan fingerprint density at radius 2 is 1.96 bits per heavy atom. The summed E-state index contributed by atoms with van der Waals surface area (Å²) in [6.45, 7) is 2.03. The molecule has 0 aliphatic heterocycles. The Bertz CT molecular complexity index is 822. The van der Waals surface area contributed by atoms with Crippen molar-refractivity contribution in [1.82, 2.24) is 5.43 Å². The predicted octanol–water partition coefficient (Wildman–Crippen LogP) is 2.23. The van der Waals surface area contributed by atoms with Crippen molar-refractivity contribution >= 4 is 17.8 Å². The first-order valence-corrected chi connectivity index (χ1v) is 7.65. The SMILES string of the molecule is CCOc1ccccc1OCC(=O)N/N=C\c1ccc(O)c([N+](=O)[O-])c1. The molecule has 0 aromatic heterocycles. The van der Waals surface area contributed by atoms with E-state index in [4.69, 9.17) is 9.47 Å². The molecule has 0 fully saturated rings. The zero-order chi connectivity index (χ0) is 18.9. The van der Waals surface area contributed by atoms with E-state index in [1.807, 2.05) is 6.92 Å². The number of carbonyl (C=O) groups is 1. The lowest BCUT2D eigenvalue weighted by Gasteiger charge is -2.10. The molecule has 0 heterocycles. The van der Waals surface area contributed by atoms with Crippen LogP contribution in [0.5, 0.6) is 17.2 Å². The van der Waals surface area contributed by atoms with E-state index < -0.39 is 22.3 Å². The minimum Gasteiger partial charge on any atom is -0.502 e. The first-order valence-electron chi connectivity index (χ1n) is 7.65. The van der Waals surface area contributed by atoms with Crippen molar-refractivity contribution in [2.75, 3.05) is 13.2 Å². The van der Waals surface area contributed by atoms with Gasteiger partial charge in [-0.25, -0.2) is 5.43 Å². The minimum atomic E-state index is -0.713. The lowest BCUT2D eigenvalue weighted by molar-refractivity contribution is -0.385. The van der Waals surface area contributed by atoms with Crippen molar-refractivity contribution in [3.63, 3.8) is 0 Å². The van der Waals surface area contributed by atoms with Crippen molar-refractivity contribution in [3.05, 3.63) is 58.1 Å². The van der Waals surface area contributed by atoms with E-state index in [0.29, 0.717) is 23.7 Å². The molecule has 9 heteroatoms. The third kappa shape index (κ3) is 5.20. The molecule has 0 atom stereocenters. The third-order valence-corrected chi connectivity index (χ3v) is 3.11. The molecule has 136 valence electrons. The molecule has 2 rings (SSSR count). The molecule has 0 aliphatic carbocycles. The molecule has 26 heavy (non-hydrogen) atoms. The van der Waals surface area contributed by atoms with Crippen LogP contribution in [0.3, 0.4) is 0 Å². The molecule has 0 radical (unpaired) electrons. The summed E-state index contributed by atoms with van der Waals surface area (Å²) in [6, 6.07) is 10.7. The number of rotatable bonds is 8. The Morgan fingerprint density at radius 3 is 2.62 bits per heavy atom. The van der Waals surface area contributed by atoms with Crippen molar-refractivity contribution in [2.24, 2.45) is 5.10 Å². The van der Waals surface area contributed by atoms with Gasteiger partial charge in [0.1, 0.15) is 0 Å². The summed E-state index contributed by atoms with van der Waals surface area (Å²) in [4.78, 5) is 21.8. The highest BCUT2D eigenvalue weighted by Gasteiger charge is 2.12. The highest BCUT2D eigenvalue weighted by Crippen LogP contribution is 2.26. The number of nitrogens with one attached hydrogen (secondary N) is 1. The van der Waals surface area contributed by atoms with Gasteiger partial charge in [0, 0.05) is 11.6 Å². The van der Waals surface area contributed by atoms with Crippen LogP contribution in [0, 0.1) is 10.1 Å². The highest BCUT2D eigenvalue weighted by molar-refractivity contribution is 5.84. The highest BCUT2D eigenvalue weighted by atomic mass is 16.6. The molecule has 0 spiro atoms. The number of hydrazone groups is 1. The van der Waals surface area contributed by atoms with Gasteiger partial charge in [0.25, 0.3) is 5.91 Å². The van der Waals surface area contributed by atoms with Crippen LogP contribution < -0.4 is 14.9 Å². The maximum atomic E-state index is 11.8. The van der Waals surface area contributed by atoms with Crippen LogP contribution >= 0.6 is 0 Å². The van der Waals surface area contributed by atoms with Gasteiger partial charge in [0.05, 0.1) is 17.7 Å². The fraction of sp³-hybridized carbons (Fsp3) is 0.176. The van der Waals surface area contributed by atoms with E-state index in [1.54, 1.807) is 24.3 Å². The molecule has 0 unspecified atom stereocenters. The molecule has 0 saturated carbocycles. The Hall–Kier alpha value is -3.62. The molecule has 0 bridgehead atoms. The topological polar surface area (TPSA) is 123 Å². The number of phenols is 1. The molecule has 0 saturated heterocycles. The number of amides is 1. The van der Waals surface area contributed by atoms with Crippen LogP contribution in [0.4, 0.5) is 5.69 Å². The number of hydrogen-bond donors (Lipinski definition) is 2. The lowest BCUT2D eigenvalue weighted by atomic mass is 10.2. The van der Waals surface area contributed by atoms with Crippen LogP contribution in [0.25, 0.3) is 0 Å². The Morgan fingerprint density at radius 1 is 1.27 bits per heavy atom. The molecular weight excluding hydrogens is 342 g/mol. The number of benzene rings is 2. The molecule has 2 N–H and O–H groups in total. The van der Waals surface area contributed by atoms with Crippen molar-refractivity contribution in [3.8, 4) is 17.2 Å². The quantitative estimate of drug-likeness (QED) is 0.423. The van der Waals surface area contributed by atoms with Crippen LogP contribution in [0.1, 0.15) is 12.5 Å². The van der Waals surface area contributed by atoms with E-state index in [2.05, 4.69) is 10.5 Å². The summed E-state index contributed by atoms with van der Waals surface area (Å²) in [7, 11) is 0. The van der Waals surface area contributed by atoms with E-state index in [0.717, 1.165) is 6.07 Å². The normalized spacial score (nSPS) is 10.5. The largest absolute Gasteiger partial charge is 0.502 e. The maximum absolute atomic E-state index is 11.8. The standard InChI is InChI=1S/C17H17N3O6/c1-2-25-15-5-3-4-6-16(15)26-11-17(22)19-18-10-12-7-8-14(21)13(9-12)20(23)24/h3-10,21H,2,11H2,1H3,(H,19,22)/b18-10-. The fourth-order valence-corrected chi connectivity index (χ4v) is 1.97. The summed E-state index contributed by atoms with van der Waals surface area (Å²) in [5, 5.41) is 23.8. The van der Waals surface area contributed by atoms with Gasteiger partial charge in [-0.05, 0) is 31.2 Å². The zero-order valence-electron chi connectivity index (χ0n) is 13.9. The summed E-state index contributed by atoms with van der Waals surface area (Å²) in [5.41, 5.74) is 2.15. The smallest absolute Gasteiger partial charge is 0.311 e. The molecule has 9 nitrogen and oxygen atoms in total. The average Bonchev–Trinajstić information content (AvgIpc) is 2.62. The van der Waals surface area contributed by atoms with Gasteiger partial charge in [-0.15, -0.1) is 0 Å². The van der Waals surface area contributed by atoms with Gasteiger partial charge in [0.15, 0.2) is 23.9 Å². The molecule has 2 aromatic rings. The van der Waals surface area contributed by atoms with Crippen LogP contribution in [0.15, 0.2) is 47.6 Å². The number of hydrogen-bond acceptors (Lipinski definition) is 7. The van der Waals surface area contributed by atoms with Crippen molar-refractivity contribution in [2.45, 2.75) is 6.92 Å². The number of carbonyl (C=O) groups excluding carboxylic acids is 1. The van der Waals surface area contributed by atoms with Crippen molar-refractivity contribution in [1.29, 1.82) is 0 Å². The average molecular weight is 359 g/mol. The van der Waals surface area contributed by atoms with Crippen LogP contribution in [0.2, 0.25) is 0 Å². The predicted molar refractivity (Wildman–Crippen MR) is 93.6 cm³/mol. The molecule has 2 aromatic carbocycles. The third-order valence-electron chi connectivity index (χ3n) is 3.11. The number of nitro groups is 1. The van der Waals surface area contributed by atoms with E-state index in [1.165, 1.54) is 18.3 Å². The van der Waals surface area contributed by atoms with Gasteiger partial charge in [0.2, 0.25) is 0 Å². The van der Waals surface area contributed by atoms with Gasteiger partial charge in [-0.3, -0.25) is 14.9 Å². The Labute approximate surface area is 149 Å². The maximum Gasteiger partial charge on any atom is 0.311 e. The monoisotopic (exact) mass is 359 g/mol. The lowest BCUT2D eigenvalue weighted by Crippen LogP contribution is -2.24. The second kappa shape index (κ2) is 9.02. The van der Waals surface area contributed by atoms with Crippen LogP contribution in [-0.2, 0) is 4.79 Å². The Balaban J connectivity index is 1.90. The van der Waals surface area contributed by atoms with E-state index in [9.17, 15) is 20.0 Å². The van der Waals surface area contributed by atoms with Gasteiger partial charge < -0.3 is 14.6 Å². The zero-order valence-corrected chi connectivity index (χ0v) is 13.9.